The Bertz CT molecular complexity index is 134. The van der Waals surface area contributed by atoms with E-state index in [4.69, 9.17) is 17.2 Å². The van der Waals surface area contributed by atoms with E-state index in [9.17, 15) is 4.79 Å². The monoisotopic (exact) mass is 115 g/mol. The molecule has 0 saturated heterocycles. The fourth-order valence-corrected chi connectivity index (χ4v) is 0.142. The van der Waals surface area contributed by atoms with Gasteiger partial charge in [-0.05, 0) is 6.92 Å². The molecule has 0 heterocycles. The predicted molar refractivity (Wildman–Crippen MR) is 30.3 cm³/mol. The Hall–Kier alpha value is -1.19. The summed E-state index contributed by atoms with van der Waals surface area (Å²) >= 11 is 0. The minimum Gasteiger partial charge on any atom is -0.385 e. The summed E-state index contributed by atoms with van der Waals surface area (Å²) in [7, 11) is 0. The van der Waals surface area contributed by atoms with Crippen LogP contribution in [0.3, 0.4) is 0 Å². The Kier molecular flexibility index (Phi) is 1.88. The van der Waals surface area contributed by atoms with Crippen LogP contribution in [0.15, 0.2) is 11.4 Å². The minimum absolute atomic E-state index is 0.0162. The van der Waals surface area contributed by atoms with Crippen molar-refractivity contribution in [3.63, 3.8) is 0 Å². The van der Waals surface area contributed by atoms with E-state index in [0.29, 0.717) is 0 Å². The maximum atomic E-state index is 10.1. The van der Waals surface area contributed by atoms with Crippen LogP contribution in [0.2, 0.25) is 0 Å². The second-order valence-corrected chi connectivity index (χ2v) is 1.44. The average Bonchev–Trinajstić information content (AvgIpc) is 1.64. The molecule has 6 N–H and O–H groups in total. The van der Waals surface area contributed by atoms with E-state index >= 15 is 0 Å². The lowest BCUT2D eigenvalue weighted by Crippen LogP contribution is -2.20. The maximum Gasteiger partial charge on any atom is 0.247 e. The molecule has 0 aliphatic carbocycles. The van der Waals surface area contributed by atoms with Gasteiger partial charge in [0.05, 0.1) is 5.57 Å². The third-order valence-electron chi connectivity index (χ3n) is 0.803. The molecule has 0 aliphatic rings. The summed E-state index contributed by atoms with van der Waals surface area (Å²) in [5.41, 5.74) is 15.0. The van der Waals surface area contributed by atoms with Gasteiger partial charge in [0.1, 0.15) is 5.82 Å². The molecule has 4 nitrogen and oxygen atoms in total. The Labute approximate surface area is 47.3 Å². The third kappa shape index (κ3) is 1.51. The van der Waals surface area contributed by atoms with Crippen LogP contribution >= 0.6 is 0 Å². The molecule has 0 atom stereocenters. The zero-order valence-electron chi connectivity index (χ0n) is 4.64. The van der Waals surface area contributed by atoms with Gasteiger partial charge in [-0.3, -0.25) is 4.79 Å². The molecular formula is C4H9N3O. The van der Waals surface area contributed by atoms with E-state index in [-0.39, 0.29) is 11.4 Å². The van der Waals surface area contributed by atoms with Crippen molar-refractivity contribution in [2.45, 2.75) is 6.92 Å². The Morgan fingerprint density at radius 2 is 1.62 bits per heavy atom. The lowest BCUT2D eigenvalue weighted by Gasteiger charge is -1.94. The number of primary amides is 1. The molecule has 0 aromatic heterocycles. The first-order valence-corrected chi connectivity index (χ1v) is 2.07. The van der Waals surface area contributed by atoms with E-state index in [1.54, 1.807) is 0 Å². The van der Waals surface area contributed by atoms with Gasteiger partial charge in [0.15, 0.2) is 0 Å². The topological polar surface area (TPSA) is 95.1 Å². The lowest BCUT2D eigenvalue weighted by atomic mass is 10.3. The van der Waals surface area contributed by atoms with Crippen molar-refractivity contribution in [2.75, 3.05) is 0 Å². The number of amides is 1. The largest absolute Gasteiger partial charge is 0.385 e. The van der Waals surface area contributed by atoms with E-state index in [2.05, 4.69) is 0 Å². The van der Waals surface area contributed by atoms with Gasteiger partial charge >= 0.3 is 0 Å². The van der Waals surface area contributed by atoms with Crippen molar-refractivity contribution in [1.29, 1.82) is 0 Å². The number of hydrogen-bond acceptors (Lipinski definition) is 3. The molecule has 0 unspecified atom stereocenters. The van der Waals surface area contributed by atoms with Crippen LogP contribution in [-0.2, 0) is 4.79 Å². The highest BCUT2D eigenvalue weighted by atomic mass is 16.1. The highest BCUT2D eigenvalue weighted by Crippen LogP contribution is 1.87. The molecule has 8 heavy (non-hydrogen) atoms. The highest BCUT2D eigenvalue weighted by Gasteiger charge is 1.98. The molecule has 0 spiro atoms. The first-order valence-electron chi connectivity index (χ1n) is 2.07. The van der Waals surface area contributed by atoms with Gasteiger partial charge < -0.3 is 17.2 Å². The first-order chi connectivity index (χ1) is 3.55. The minimum atomic E-state index is -0.579. The molecule has 0 fully saturated rings. The number of carbonyl (C=O) groups is 1. The molecule has 1 amide bonds. The standard InChI is InChI=1S/C4H9N3O/c1-2(3(5)6)4(7)8/h5-6H2,1H3,(H2,7,8). The van der Waals surface area contributed by atoms with E-state index in [1.807, 2.05) is 0 Å². The van der Waals surface area contributed by atoms with Crippen LogP contribution in [-0.4, -0.2) is 5.91 Å². The van der Waals surface area contributed by atoms with Crippen molar-refractivity contribution < 1.29 is 4.79 Å². The van der Waals surface area contributed by atoms with Gasteiger partial charge in [-0.25, -0.2) is 0 Å². The zero-order valence-corrected chi connectivity index (χ0v) is 4.64. The normalized spacial score (nSPS) is 8.12. The van der Waals surface area contributed by atoms with Crippen LogP contribution in [0.5, 0.6) is 0 Å². The zero-order chi connectivity index (χ0) is 6.73. The van der Waals surface area contributed by atoms with Crippen molar-refractivity contribution in [3.8, 4) is 0 Å². The van der Waals surface area contributed by atoms with Crippen LogP contribution < -0.4 is 17.2 Å². The summed E-state index contributed by atoms with van der Waals surface area (Å²) < 4.78 is 0. The molecule has 0 aromatic rings. The lowest BCUT2D eigenvalue weighted by molar-refractivity contribution is -0.114. The molecule has 0 aromatic carbocycles. The summed E-state index contributed by atoms with van der Waals surface area (Å²) in [4.78, 5) is 10.1. The number of nitrogens with two attached hydrogens (primary N) is 3. The fourth-order valence-electron chi connectivity index (χ4n) is 0.142. The quantitative estimate of drug-likeness (QED) is 0.367. The van der Waals surface area contributed by atoms with Gasteiger partial charge in [-0.15, -0.1) is 0 Å². The highest BCUT2D eigenvalue weighted by molar-refractivity contribution is 5.91. The van der Waals surface area contributed by atoms with Gasteiger partial charge in [-0.1, -0.05) is 0 Å². The predicted octanol–water partition coefficient (Wildman–Crippen LogP) is -1.38. The summed E-state index contributed by atoms with van der Waals surface area (Å²) in [6.07, 6.45) is 0. The summed E-state index contributed by atoms with van der Waals surface area (Å²) in [6.45, 7) is 1.47. The van der Waals surface area contributed by atoms with Crippen LogP contribution in [0.1, 0.15) is 6.92 Å². The third-order valence-corrected chi connectivity index (χ3v) is 0.803. The van der Waals surface area contributed by atoms with Gasteiger partial charge in [0.2, 0.25) is 5.91 Å². The van der Waals surface area contributed by atoms with Gasteiger partial charge in [0.25, 0.3) is 0 Å². The number of hydrogen-bond donors (Lipinski definition) is 3. The van der Waals surface area contributed by atoms with Crippen molar-refractivity contribution in [2.24, 2.45) is 17.2 Å². The Morgan fingerprint density at radius 3 is 1.62 bits per heavy atom. The second kappa shape index (κ2) is 2.20. The summed E-state index contributed by atoms with van der Waals surface area (Å²) in [5.74, 6) is -0.595. The van der Waals surface area contributed by atoms with Gasteiger partial charge in [0, 0.05) is 0 Å². The summed E-state index contributed by atoms with van der Waals surface area (Å²) in [6, 6.07) is 0. The van der Waals surface area contributed by atoms with E-state index < -0.39 is 5.91 Å². The smallest absolute Gasteiger partial charge is 0.247 e. The molecule has 46 valence electrons. The molecule has 0 saturated carbocycles. The molecular weight excluding hydrogens is 106 g/mol. The molecule has 0 aliphatic heterocycles. The maximum absolute atomic E-state index is 10.1. The molecule has 4 heteroatoms. The van der Waals surface area contributed by atoms with Crippen molar-refractivity contribution in [1.82, 2.24) is 0 Å². The van der Waals surface area contributed by atoms with Crippen molar-refractivity contribution in [3.05, 3.63) is 11.4 Å². The molecule has 0 radical (unpaired) electrons. The summed E-state index contributed by atoms with van der Waals surface area (Å²) in [5, 5.41) is 0. The van der Waals surface area contributed by atoms with Gasteiger partial charge in [-0.2, -0.15) is 0 Å². The average molecular weight is 115 g/mol. The first kappa shape index (κ1) is 6.81. The number of carbonyl (C=O) groups excluding carboxylic acids is 1. The van der Waals surface area contributed by atoms with E-state index in [0.717, 1.165) is 0 Å². The Morgan fingerprint density at radius 1 is 1.25 bits per heavy atom. The van der Waals surface area contributed by atoms with Crippen molar-refractivity contribution >= 4 is 5.91 Å². The van der Waals surface area contributed by atoms with E-state index in [1.165, 1.54) is 6.92 Å². The fraction of sp³-hybridized carbons (Fsp3) is 0.250. The molecule has 0 bridgehead atoms. The molecule has 0 rings (SSSR count). The van der Waals surface area contributed by atoms with Crippen LogP contribution in [0, 0.1) is 0 Å². The second-order valence-electron chi connectivity index (χ2n) is 1.44. The Balaban J connectivity index is 4.23. The van der Waals surface area contributed by atoms with Crippen LogP contribution in [0.25, 0.3) is 0 Å². The van der Waals surface area contributed by atoms with Crippen LogP contribution in [0.4, 0.5) is 0 Å². The number of rotatable bonds is 1. The SMILES string of the molecule is CC(C(N)=O)=C(N)N.